The van der Waals surface area contributed by atoms with Gasteiger partial charge in [-0.3, -0.25) is 4.79 Å². The highest BCUT2D eigenvalue weighted by molar-refractivity contribution is 5.93. The number of carbonyl (C=O) groups excluding carboxylic acids is 1. The van der Waals surface area contributed by atoms with Gasteiger partial charge in [0.15, 0.2) is 0 Å². The van der Waals surface area contributed by atoms with Crippen molar-refractivity contribution in [3.63, 3.8) is 0 Å². The van der Waals surface area contributed by atoms with Crippen molar-refractivity contribution in [1.29, 1.82) is 0 Å². The van der Waals surface area contributed by atoms with E-state index in [0.717, 1.165) is 18.7 Å². The van der Waals surface area contributed by atoms with Gasteiger partial charge in [0.25, 0.3) is 5.91 Å². The van der Waals surface area contributed by atoms with E-state index in [0.29, 0.717) is 24.4 Å². The number of carbonyl (C=O) groups is 1. The summed E-state index contributed by atoms with van der Waals surface area (Å²) in [6.07, 6.45) is 4.80. The molecule has 1 saturated heterocycles. The summed E-state index contributed by atoms with van der Waals surface area (Å²) >= 11 is 0. The first-order chi connectivity index (χ1) is 9.47. The molecule has 0 unspecified atom stereocenters. The van der Waals surface area contributed by atoms with Crippen LogP contribution in [-0.2, 0) is 0 Å². The zero-order chi connectivity index (χ0) is 14.3. The van der Waals surface area contributed by atoms with Crippen LogP contribution in [0.3, 0.4) is 0 Å². The minimum absolute atomic E-state index is 0.135. The van der Waals surface area contributed by atoms with Gasteiger partial charge in [0.1, 0.15) is 5.82 Å². The highest BCUT2D eigenvalue weighted by Gasteiger charge is 2.38. The smallest absolute Gasteiger partial charge is 0.257 e. The highest BCUT2D eigenvalue weighted by atomic mass is 16.3. The van der Waals surface area contributed by atoms with Crippen molar-refractivity contribution < 1.29 is 15.0 Å². The summed E-state index contributed by atoms with van der Waals surface area (Å²) in [5, 5.41) is 19.8. The van der Waals surface area contributed by atoms with Crippen molar-refractivity contribution in [2.45, 2.75) is 43.8 Å². The molecule has 1 saturated carbocycles. The maximum Gasteiger partial charge on any atom is 0.257 e. The number of amides is 1. The van der Waals surface area contributed by atoms with Gasteiger partial charge >= 0.3 is 0 Å². The fourth-order valence-corrected chi connectivity index (χ4v) is 2.39. The molecule has 2 atom stereocenters. The van der Waals surface area contributed by atoms with E-state index in [1.807, 2.05) is 0 Å². The van der Waals surface area contributed by atoms with Gasteiger partial charge < -0.3 is 15.1 Å². The molecular formula is C14H19N3O3. The van der Waals surface area contributed by atoms with Crippen LogP contribution < -0.4 is 0 Å². The molecule has 1 aromatic heterocycles. The Hall–Kier alpha value is -1.53. The molecule has 108 valence electrons. The summed E-state index contributed by atoms with van der Waals surface area (Å²) in [6.45, 7) is 2.15. The lowest BCUT2D eigenvalue weighted by Gasteiger charge is -2.39. The lowest BCUT2D eigenvalue weighted by atomic mass is 9.90. The number of rotatable bonds is 2. The van der Waals surface area contributed by atoms with Crippen molar-refractivity contribution in [3.8, 4) is 0 Å². The summed E-state index contributed by atoms with van der Waals surface area (Å²) in [4.78, 5) is 22.3. The molecule has 2 heterocycles. The molecule has 1 amide bonds. The molecule has 3 rings (SSSR count). The van der Waals surface area contributed by atoms with Crippen molar-refractivity contribution in [2.24, 2.45) is 0 Å². The standard InChI is InChI=1S/C14H19N3O3/c1-14(20)4-5-17(8-11(14)18)13(19)10-6-15-12(16-7-10)9-2-3-9/h6-7,9,11,18,20H,2-5,8H2,1H3/t11-,14-/m1/s1. The molecule has 6 heteroatoms. The van der Waals surface area contributed by atoms with E-state index in [1.165, 1.54) is 4.90 Å². The zero-order valence-electron chi connectivity index (χ0n) is 11.5. The Morgan fingerprint density at radius 2 is 2.05 bits per heavy atom. The van der Waals surface area contributed by atoms with E-state index in [4.69, 9.17) is 0 Å². The van der Waals surface area contributed by atoms with E-state index >= 15 is 0 Å². The number of aliphatic hydroxyl groups is 2. The predicted octanol–water partition coefficient (Wildman–Crippen LogP) is 0.312. The number of aliphatic hydroxyl groups excluding tert-OH is 1. The van der Waals surface area contributed by atoms with Crippen LogP contribution in [0, 0.1) is 0 Å². The maximum absolute atomic E-state index is 12.3. The van der Waals surface area contributed by atoms with Crippen LogP contribution in [0.25, 0.3) is 0 Å². The summed E-state index contributed by atoms with van der Waals surface area (Å²) in [7, 11) is 0. The minimum atomic E-state index is -1.12. The van der Waals surface area contributed by atoms with Crippen molar-refractivity contribution in [3.05, 3.63) is 23.8 Å². The van der Waals surface area contributed by atoms with Gasteiger partial charge in [-0.25, -0.2) is 9.97 Å². The third-order valence-corrected chi connectivity index (χ3v) is 4.15. The second-order valence-electron chi connectivity index (χ2n) is 5.98. The summed E-state index contributed by atoms with van der Waals surface area (Å²) in [6, 6.07) is 0. The van der Waals surface area contributed by atoms with E-state index in [9.17, 15) is 15.0 Å². The first kappa shape index (κ1) is 13.5. The third-order valence-electron chi connectivity index (χ3n) is 4.15. The Bertz CT molecular complexity index is 511. The number of hydrogen-bond acceptors (Lipinski definition) is 5. The molecule has 0 bridgehead atoms. The Morgan fingerprint density at radius 3 is 2.60 bits per heavy atom. The summed E-state index contributed by atoms with van der Waals surface area (Å²) in [5.41, 5.74) is -0.688. The lowest BCUT2D eigenvalue weighted by Crippen LogP contribution is -2.55. The van der Waals surface area contributed by atoms with Gasteiger partial charge in [-0.1, -0.05) is 0 Å². The van der Waals surface area contributed by atoms with Gasteiger partial charge in [-0.05, 0) is 26.2 Å². The van der Waals surface area contributed by atoms with E-state index < -0.39 is 11.7 Å². The molecule has 0 radical (unpaired) electrons. The van der Waals surface area contributed by atoms with E-state index in [1.54, 1.807) is 19.3 Å². The van der Waals surface area contributed by atoms with Crippen LogP contribution in [0.15, 0.2) is 12.4 Å². The SMILES string of the molecule is C[C@@]1(O)CCN(C(=O)c2cnc(C3CC3)nc2)C[C@H]1O. The zero-order valence-corrected chi connectivity index (χ0v) is 11.5. The number of aromatic nitrogens is 2. The fourth-order valence-electron chi connectivity index (χ4n) is 2.39. The minimum Gasteiger partial charge on any atom is -0.388 e. The first-order valence-electron chi connectivity index (χ1n) is 6.99. The molecule has 2 fully saturated rings. The molecule has 1 aliphatic carbocycles. The largest absolute Gasteiger partial charge is 0.388 e. The van der Waals surface area contributed by atoms with Crippen LogP contribution in [0.4, 0.5) is 0 Å². The number of likely N-dealkylation sites (tertiary alicyclic amines) is 1. The molecular weight excluding hydrogens is 258 g/mol. The second kappa shape index (κ2) is 4.79. The van der Waals surface area contributed by atoms with Crippen LogP contribution in [0.1, 0.15) is 48.3 Å². The molecule has 1 aliphatic heterocycles. The average molecular weight is 277 g/mol. The second-order valence-corrected chi connectivity index (χ2v) is 5.98. The Balaban J connectivity index is 1.69. The van der Waals surface area contributed by atoms with Crippen molar-refractivity contribution in [2.75, 3.05) is 13.1 Å². The van der Waals surface area contributed by atoms with Gasteiger partial charge in [-0.2, -0.15) is 0 Å². The first-order valence-corrected chi connectivity index (χ1v) is 6.99. The third kappa shape index (κ3) is 2.53. The highest BCUT2D eigenvalue weighted by Crippen LogP contribution is 2.37. The Labute approximate surface area is 117 Å². The molecule has 6 nitrogen and oxygen atoms in total. The summed E-state index contributed by atoms with van der Waals surface area (Å²) in [5.74, 6) is 1.08. The number of β-amino-alcohol motifs (C(OH)–C–C–N with tert-alkyl or cyclic N) is 1. The molecule has 2 N–H and O–H groups in total. The molecule has 1 aromatic rings. The number of hydrogen-bond donors (Lipinski definition) is 2. The lowest BCUT2D eigenvalue weighted by molar-refractivity contribution is -0.0999. The molecule has 2 aliphatic rings. The van der Waals surface area contributed by atoms with E-state index in [2.05, 4.69) is 9.97 Å². The van der Waals surface area contributed by atoms with Crippen molar-refractivity contribution in [1.82, 2.24) is 14.9 Å². The monoisotopic (exact) mass is 277 g/mol. The van der Waals surface area contributed by atoms with Crippen molar-refractivity contribution >= 4 is 5.91 Å². The predicted molar refractivity (Wildman–Crippen MR) is 71.2 cm³/mol. The van der Waals surface area contributed by atoms with Crippen LogP contribution in [0.2, 0.25) is 0 Å². The number of nitrogens with zero attached hydrogens (tertiary/aromatic N) is 3. The van der Waals surface area contributed by atoms with Gasteiger partial charge in [0.2, 0.25) is 0 Å². The van der Waals surface area contributed by atoms with Gasteiger partial charge in [0, 0.05) is 31.4 Å². The molecule has 0 aromatic carbocycles. The maximum atomic E-state index is 12.3. The summed E-state index contributed by atoms with van der Waals surface area (Å²) < 4.78 is 0. The molecule has 0 spiro atoms. The quantitative estimate of drug-likeness (QED) is 0.812. The van der Waals surface area contributed by atoms with E-state index in [-0.39, 0.29) is 12.5 Å². The van der Waals surface area contributed by atoms with Crippen LogP contribution in [-0.4, -0.2) is 55.8 Å². The normalized spacial score (nSPS) is 30.4. The topological polar surface area (TPSA) is 86.5 Å². The number of piperidine rings is 1. The molecule has 20 heavy (non-hydrogen) atoms. The average Bonchev–Trinajstić information content (AvgIpc) is 3.26. The van der Waals surface area contributed by atoms with Crippen LogP contribution in [0.5, 0.6) is 0 Å². The Morgan fingerprint density at radius 1 is 1.40 bits per heavy atom. The van der Waals surface area contributed by atoms with Crippen LogP contribution >= 0.6 is 0 Å². The fraction of sp³-hybridized carbons (Fsp3) is 0.643. The van der Waals surface area contributed by atoms with Gasteiger partial charge in [0.05, 0.1) is 17.3 Å². The Kier molecular flexibility index (Phi) is 3.22. The van der Waals surface area contributed by atoms with Gasteiger partial charge in [-0.15, -0.1) is 0 Å².